The number of aromatic nitrogens is 2. The molecule has 2 aromatic rings. The van der Waals surface area contributed by atoms with Crippen LogP contribution in [0.4, 0.5) is 0 Å². The van der Waals surface area contributed by atoms with E-state index >= 15 is 0 Å². The van der Waals surface area contributed by atoms with Gasteiger partial charge in [-0.3, -0.25) is 4.68 Å². The molecule has 1 heterocycles. The van der Waals surface area contributed by atoms with E-state index in [1.165, 1.54) is 6.07 Å². The van der Waals surface area contributed by atoms with E-state index in [1.54, 1.807) is 36.9 Å². The molecule has 100 valence electrons. The zero-order chi connectivity index (χ0) is 14.0. The van der Waals surface area contributed by atoms with Crippen LogP contribution < -0.4 is 4.74 Å². The van der Waals surface area contributed by atoms with Crippen molar-refractivity contribution >= 4 is 17.6 Å². The fraction of sp³-hybridized carbons (Fsp3) is 0.231. The number of carboxylic acid groups (broad SMARTS) is 1. The summed E-state index contributed by atoms with van der Waals surface area (Å²) in [6.45, 7) is 1.97. The van der Waals surface area contributed by atoms with Crippen LogP contribution >= 0.6 is 11.6 Å². The van der Waals surface area contributed by atoms with Crippen molar-refractivity contribution < 1.29 is 14.6 Å². The maximum absolute atomic E-state index is 11.0. The Morgan fingerprint density at radius 2 is 2.16 bits per heavy atom. The number of nitrogens with zero attached hydrogens (tertiary/aromatic N) is 2. The summed E-state index contributed by atoms with van der Waals surface area (Å²) < 4.78 is 7.16. The summed E-state index contributed by atoms with van der Waals surface area (Å²) in [6, 6.07) is 6.48. The summed E-state index contributed by atoms with van der Waals surface area (Å²) in [5.74, 6) is -0.715. The minimum Gasteiger partial charge on any atom is -0.486 e. The number of carboxylic acids is 1. The summed E-state index contributed by atoms with van der Waals surface area (Å²) in [5.41, 5.74) is 1.55. The van der Waals surface area contributed by atoms with E-state index in [4.69, 9.17) is 21.4 Å². The van der Waals surface area contributed by atoms with Gasteiger partial charge in [-0.15, -0.1) is 0 Å². The molecule has 0 saturated carbocycles. The Balaban J connectivity index is 2.22. The molecule has 0 atom stereocenters. The molecule has 0 bridgehead atoms. The van der Waals surface area contributed by atoms with Gasteiger partial charge in [0.2, 0.25) is 0 Å². The third-order valence-electron chi connectivity index (χ3n) is 2.74. The van der Waals surface area contributed by atoms with Crippen molar-refractivity contribution in [3.05, 3.63) is 46.2 Å². The van der Waals surface area contributed by atoms with Crippen molar-refractivity contribution in [2.45, 2.75) is 13.5 Å². The van der Waals surface area contributed by atoms with E-state index in [9.17, 15) is 4.79 Å². The third-order valence-corrected chi connectivity index (χ3v) is 3.24. The molecule has 0 aliphatic carbocycles. The van der Waals surface area contributed by atoms with Gasteiger partial charge in [-0.05, 0) is 19.1 Å². The first-order valence-electron chi connectivity index (χ1n) is 5.63. The lowest BCUT2D eigenvalue weighted by atomic mass is 10.2. The van der Waals surface area contributed by atoms with E-state index in [0.29, 0.717) is 22.2 Å². The highest BCUT2D eigenvalue weighted by Crippen LogP contribution is 2.23. The van der Waals surface area contributed by atoms with Crippen molar-refractivity contribution in [3.63, 3.8) is 0 Å². The molecule has 1 aromatic heterocycles. The normalized spacial score (nSPS) is 10.5. The molecule has 1 N–H and O–H groups in total. The number of ether oxygens (including phenoxy) is 1. The number of rotatable bonds is 4. The SMILES string of the molecule is Cc1nn(C)c(COc2ccccc2C(=O)O)c1Cl. The van der Waals surface area contributed by atoms with Gasteiger partial charge in [0.25, 0.3) is 0 Å². The molecule has 0 unspecified atom stereocenters. The van der Waals surface area contributed by atoms with Crippen LogP contribution in [0.3, 0.4) is 0 Å². The van der Waals surface area contributed by atoms with Crippen molar-refractivity contribution in [2.75, 3.05) is 0 Å². The Kier molecular flexibility index (Phi) is 3.76. The molecule has 0 amide bonds. The summed E-state index contributed by atoms with van der Waals surface area (Å²) in [5, 5.41) is 13.8. The smallest absolute Gasteiger partial charge is 0.339 e. The molecule has 6 heteroatoms. The molecule has 0 fully saturated rings. The number of hydrogen-bond donors (Lipinski definition) is 1. The van der Waals surface area contributed by atoms with Crippen LogP contribution in [-0.4, -0.2) is 20.9 Å². The van der Waals surface area contributed by atoms with Crippen LogP contribution in [-0.2, 0) is 13.7 Å². The standard InChI is InChI=1S/C13H13ClN2O3/c1-8-12(14)10(16(2)15-8)7-19-11-6-4-3-5-9(11)13(17)18/h3-6H,7H2,1-2H3,(H,17,18). The Morgan fingerprint density at radius 3 is 2.74 bits per heavy atom. The quantitative estimate of drug-likeness (QED) is 0.935. The van der Waals surface area contributed by atoms with Crippen LogP contribution in [0.1, 0.15) is 21.7 Å². The van der Waals surface area contributed by atoms with E-state index in [0.717, 1.165) is 0 Å². The van der Waals surface area contributed by atoms with Crippen LogP contribution in [0.2, 0.25) is 5.02 Å². The number of para-hydroxylation sites is 1. The fourth-order valence-electron chi connectivity index (χ4n) is 1.75. The molecule has 0 radical (unpaired) electrons. The zero-order valence-corrected chi connectivity index (χ0v) is 11.3. The first kappa shape index (κ1) is 13.4. The predicted molar refractivity (Wildman–Crippen MR) is 70.7 cm³/mol. The third kappa shape index (κ3) is 2.71. The summed E-state index contributed by atoms with van der Waals surface area (Å²) in [7, 11) is 1.76. The molecule has 1 aromatic carbocycles. The summed E-state index contributed by atoms with van der Waals surface area (Å²) >= 11 is 6.10. The van der Waals surface area contributed by atoms with Crippen molar-refractivity contribution in [2.24, 2.45) is 7.05 Å². The minimum absolute atomic E-state index is 0.123. The van der Waals surface area contributed by atoms with Gasteiger partial charge in [-0.2, -0.15) is 5.10 Å². The van der Waals surface area contributed by atoms with E-state index < -0.39 is 5.97 Å². The Labute approximate surface area is 115 Å². The van der Waals surface area contributed by atoms with Gasteiger partial charge in [0.05, 0.1) is 16.4 Å². The van der Waals surface area contributed by atoms with Gasteiger partial charge in [0.1, 0.15) is 17.9 Å². The maximum Gasteiger partial charge on any atom is 0.339 e. The van der Waals surface area contributed by atoms with Crippen molar-refractivity contribution in [3.8, 4) is 5.75 Å². The highest BCUT2D eigenvalue weighted by molar-refractivity contribution is 6.31. The number of hydrogen-bond acceptors (Lipinski definition) is 3. The van der Waals surface area contributed by atoms with Crippen LogP contribution in [0, 0.1) is 6.92 Å². The first-order valence-corrected chi connectivity index (χ1v) is 6.01. The molecule has 5 nitrogen and oxygen atoms in total. The minimum atomic E-state index is -1.03. The van der Waals surface area contributed by atoms with E-state index in [-0.39, 0.29) is 12.2 Å². The Hall–Kier alpha value is -2.01. The molecule has 0 aliphatic heterocycles. The monoisotopic (exact) mass is 280 g/mol. The second-order valence-corrected chi connectivity index (χ2v) is 4.44. The molecular weight excluding hydrogens is 268 g/mol. The molecule has 0 saturated heterocycles. The lowest BCUT2D eigenvalue weighted by molar-refractivity contribution is 0.0691. The lowest BCUT2D eigenvalue weighted by Gasteiger charge is -2.09. The maximum atomic E-state index is 11.0. The van der Waals surface area contributed by atoms with Crippen LogP contribution in [0.15, 0.2) is 24.3 Å². The van der Waals surface area contributed by atoms with Gasteiger partial charge in [0.15, 0.2) is 0 Å². The van der Waals surface area contributed by atoms with Gasteiger partial charge in [0, 0.05) is 7.05 Å². The Bertz CT molecular complexity index is 622. The molecule has 19 heavy (non-hydrogen) atoms. The van der Waals surface area contributed by atoms with Crippen LogP contribution in [0.5, 0.6) is 5.75 Å². The molecule has 0 spiro atoms. The van der Waals surface area contributed by atoms with Gasteiger partial charge in [-0.25, -0.2) is 4.79 Å². The average Bonchev–Trinajstić information content (AvgIpc) is 2.61. The van der Waals surface area contributed by atoms with E-state index in [2.05, 4.69) is 5.10 Å². The number of benzene rings is 1. The average molecular weight is 281 g/mol. The van der Waals surface area contributed by atoms with Gasteiger partial charge in [-0.1, -0.05) is 23.7 Å². The molecular formula is C13H13ClN2O3. The topological polar surface area (TPSA) is 64.4 Å². The second-order valence-electron chi connectivity index (χ2n) is 4.06. The zero-order valence-electron chi connectivity index (χ0n) is 10.6. The first-order chi connectivity index (χ1) is 9.00. The molecule has 2 rings (SSSR count). The fourth-order valence-corrected chi connectivity index (χ4v) is 1.97. The number of aryl methyl sites for hydroxylation is 2. The number of aromatic carboxylic acids is 1. The lowest BCUT2D eigenvalue weighted by Crippen LogP contribution is -2.06. The highest BCUT2D eigenvalue weighted by Gasteiger charge is 2.14. The second kappa shape index (κ2) is 5.32. The van der Waals surface area contributed by atoms with Crippen molar-refractivity contribution in [1.82, 2.24) is 9.78 Å². The van der Waals surface area contributed by atoms with Gasteiger partial charge >= 0.3 is 5.97 Å². The van der Waals surface area contributed by atoms with Gasteiger partial charge < -0.3 is 9.84 Å². The number of carbonyl (C=O) groups is 1. The summed E-state index contributed by atoms with van der Waals surface area (Å²) in [6.07, 6.45) is 0. The van der Waals surface area contributed by atoms with Crippen LogP contribution in [0.25, 0.3) is 0 Å². The Morgan fingerprint density at radius 1 is 1.47 bits per heavy atom. The number of halogens is 1. The summed E-state index contributed by atoms with van der Waals surface area (Å²) in [4.78, 5) is 11.0. The predicted octanol–water partition coefficient (Wildman–Crippen LogP) is 2.66. The largest absolute Gasteiger partial charge is 0.486 e. The van der Waals surface area contributed by atoms with Crippen molar-refractivity contribution in [1.29, 1.82) is 0 Å². The van der Waals surface area contributed by atoms with E-state index in [1.807, 2.05) is 0 Å². The highest BCUT2D eigenvalue weighted by atomic mass is 35.5. The molecule has 0 aliphatic rings.